The van der Waals surface area contributed by atoms with Crippen molar-refractivity contribution < 1.29 is 19.4 Å². The number of aliphatic hydroxyl groups is 1. The summed E-state index contributed by atoms with van der Waals surface area (Å²) in [7, 11) is 1.26. The minimum Gasteiger partial charge on any atom is -0.467 e. The normalized spacial score (nSPS) is 15.5. The number of methoxy groups -OCH3 is 1. The van der Waals surface area contributed by atoms with E-state index < -0.39 is 12.1 Å². The molecule has 10 nitrogen and oxygen atoms in total. The topological polar surface area (TPSA) is 107 Å². The molecule has 220 valence electrons. The number of hydrogen-bond acceptors (Lipinski definition) is 8. The first-order valence-electron chi connectivity index (χ1n) is 14.2. The number of aliphatic hydroxyl groups excluding tert-OH is 1. The van der Waals surface area contributed by atoms with E-state index in [1.807, 2.05) is 47.3 Å². The molecule has 1 aliphatic rings. The number of piperidine rings is 1. The maximum absolute atomic E-state index is 12.5. The van der Waals surface area contributed by atoms with E-state index >= 15 is 0 Å². The standard InChI is InChI=1S/C32H38N6O4/c1-6-8-15-37-16-12-25(34-37)23-10-9-11-24(20-23)26-21-27-33-22(3)28(29(39)31(40)41-5)30(38(27)35-26)36-17-13-32(4,14-18-36)42-19-7-2/h6-7,9-12,16,20-21,29,39H,1-2,8,13-15,17-19H2,3-5H3/t29-/m0/s1. The van der Waals surface area contributed by atoms with E-state index in [9.17, 15) is 9.90 Å². The van der Waals surface area contributed by atoms with Crippen LogP contribution in [0.5, 0.6) is 0 Å². The second-order valence-corrected chi connectivity index (χ2v) is 10.8. The third kappa shape index (κ3) is 5.86. The van der Waals surface area contributed by atoms with Crippen LogP contribution in [0.25, 0.3) is 28.2 Å². The average Bonchev–Trinajstić information content (AvgIpc) is 3.66. The highest BCUT2D eigenvalue weighted by molar-refractivity contribution is 5.80. The largest absolute Gasteiger partial charge is 0.467 e. The fraction of sp³-hybridized carbons (Fsp3) is 0.375. The molecular weight excluding hydrogens is 532 g/mol. The first-order valence-corrected chi connectivity index (χ1v) is 14.2. The van der Waals surface area contributed by atoms with Gasteiger partial charge in [-0.3, -0.25) is 4.68 Å². The highest BCUT2D eigenvalue weighted by Gasteiger charge is 2.35. The fourth-order valence-electron chi connectivity index (χ4n) is 5.41. The van der Waals surface area contributed by atoms with Gasteiger partial charge in [0.25, 0.3) is 0 Å². The van der Waals surface area contributed by atoms with Crippen LogP contribution < -0.4 is 4.90 Å². The molecule has 0 bridgehead atoms. The van der Waals surface area contributed by atoms with Gasteiger partial charge in [0.15, 0.2) is 11.8 Å². The Morgan fingerprint density at radius 3 is 2.55 bits per heavy atom. The smallest absolute Gasteiger partial charge is 0.339 e. The SMILES string of the molecule is C=CCCn1ccc(-c2cccc(-c3cc4nc(C)c([C@H](O)C(=O)OC)c(N5CCC(C)(OCC=C)CC5)n4n3)c2)n1. The van der Waals surface area contributed by atoms with Crippen LogP contribution in [0.15, 0.2) is 67.9 Å². The molecule has 0 amide bonds. The summed E-state index contributed by atoms with van der Waals surface area (Å²) in [6.07, 6.45) is 6.47. The Hall–Kier alpha value is -4.28. The fourth-order valence-corrected chi connectivity index (χ4v) is 5.41. The lowest BCUT2D eigenvalue weighted by molar-refractivity contribution is -0.150. The van der Waals surface area contributed by atoms with Crippen molar-refractivity contribution in [3.8, 4) is 22.5 Å². The number of rotatable bonds is 11. The van der Waals surface area contributed by atoms with Crippen molar-refractivity contribution in [1.82, 2.24) is 24.4 Å². The van der Waals surface area contributed by atoms with Crippen LogP contribution in [-0.2, 0) is 20.8 Å². The van der Waals surface area contributed by atoms with Crippen LogP contribution in [0.1, 0.15) is 43.5 Å². The zero-order valence-electron chi connectivity index (χ0n) is 24.5. The number of carbonyl (C=O) groups is 1. The minimum atomic E-state index is -1.50. The van der Waals surface area contributed by atoms with Crippen LogP contribution in [-0.4, -0.2) is 67.9 Å². The number of allylic oxidation sites excluding steroid dienone is 1. The molecule has 0 spiro atoms. The van der Waals surface area contributed by atoms with Gasteiger partial charge in [-0.2, -0.15) is 14.7 Å². The molecule has 1 aromatic carbocycles. The van der Waals surface area contributed by atoms with Gasteiger partial charge >= 0.3 is 5.97 Å². The van der Waals surface area contributed by atoms with Gasteiger partial charge in [0.05, 0.1) is 36.3 Å². The third-order valence-corrected chi connectivity index (χ3v) is 7.83. The van der Waals surface area contributed by atoms with Crippen molar-refractivity contribution in [2.45, 2.75) is 51.4 Å². The van der Waals surface area contributed by atoms with Gasteiger partial charge in [0, 0.05) is 48.7 Å². The van der Waals surface area contributed by atoms with Crippen molar-refractivity contribution >= 4 is 17.4 Å². The zero-order chi connectivity index (χ0) is 29.9. The van der Waals surface area contributed by atoms with E-state index in [0.717, 1.165) is 48.3 Å². The van der Waals surface area contributed by atoms with E-state index in [0.29, 0.717) is 42.4 Å². The molecule has 1 atom stereocenters. The van der Waals surface area contributed by atoms with Gasteiger partial charge in [0.2, 0.25) is 0 Å². The minimum absolute atomic E-state index is 0.290. The molecule has 3 aromatic heterocycles. The van der Waals surface area contributed by atoms with E-state index in [-0.39, 0.29) is 5.60 Å². The number of nitrogens with zero attached hydrogens (tertiary/aromatic N) is 6. The summed E-state index contributed by atoms with van der Waals surface area (Å²) in [6.45, 7) is 14.0. The molecule has 1 fully saturated rings. The van der Waals surface area contributed by atoms with Crippen LogP contribution in [0.3, 0.4) is 0 Å². The lowest BCUT2D eigenvalue weighted by Crippen LogP contribution is -2.45. The maximum Gasteiger partial charge on any atom is 0.339 e. The summed E-state index contributed by atoms with van der Waals surface area (Å²) in [5.74, 6) is -0.117. The molecule has 4 aromatic rings. The number of aryl methyl sites for hydroxylation is 2. The second kappa shape index (κ2) is 12.3. The quantitative estimate of drug-likeness (QED) is 0.200. The molecule has 5 rings (SSSR count). The van der Waals surface area contributed by atoms with Crippen molar-refractivity contribution in [2.75, 3.05) is 31.7 Å². The number of anilines is 1. The summed E-state index contributed by atoms with van der Waals surface area (Å²) >= 11 is 0. The number of aromatic nitrogens is 5. The summed E-state index contributed by atoms with van der Waals surface area (Å²) < 4.78 is 14.6. The molecule has 1 aliphatic heterocycles. The Bertz CT molecular complexity index is 1600. The van der Waals surface area contributed by atoms with Crippen LogP contribution >= 0.6 is 0 Å². The molecule has 4 heterocycles. The van der Waals surface area contributed by atoms with E-state index in [4.69, 9.17) is 24.7 Å². The number of fused-ring (bicyclic) bond motifs is 1. The van der Waals surface area contributed by atoms with E-state index in [2.05, 4.69) is 31.0 Å². The molecule has 42 heavy (non-hydrogen) atoms. The molecule has 1 N–H and O–H groups in total. The number of ether oxygens (including phenoxy) is 2. The predicted molar refractivity (Wildman–Crippen MR) is 162 cm³/mol. The van der Waals surface area contributed by atoms with Crippen molar-refractivity contribution in [3.05, 3.63) is 79.2 Å². The molecule has 0 radical (unpaired) electrons. The Morgan fingerprint density at radius 1 is 1.12 bits per heavy atom. The Morgan fingerprint density at radius 2 is 1.86 bits per heavy atom. The Kier molecular flexibility index (Phi) is 8.56. The summed E-state index contributed by atoms with van der Waals surface area (Å²) in [4.78, 5) is 19.4. The van der Waals surface area contributed by atoms with E-state index in [1.165, 1.54) is 7.11 Å². The zero-order valence-corrected chi connectivity index (χ0v) is 24.5. The van der Waals surface area contributed by atoms with Crippen LogP contribution in [0.2, 0.25) is 0 Å². The molecular formula is C32H38N6O4. The third-order valence-electron chi connectivity index (χ3n) is 7.83. The van der Waals surface area contributed by atoms with Gasteiger partial charge in [-0.15, -0.1) is 13.2 Å². The van der Waals surface area contributed by atoms with Crippen molar-refractivity contribution in [3.63, 3.8) is 0 Å². The van der Waals surface area contributed by atoms with Gasteiger partial charge in [-0.1, -0.05) is 30.4 Å². The molecule has 0 unspecified atom stereocenters. The molecule has 0 saturated carbocycles. The van der Waals surface area contributed by atoms with Gasteiger partial charge in [-0.25, -0.2) is 9.78 Å². The van der Waals surface area contributed by atoms with Gasteiger partial charge in [0.1, 0.15) is 5.82 Å². The average molecular weight is 571 g/mol. The van der Waals surface area contributed by atoms with Crippen LogP contribution in [0, 0.1) is 6.92 Å². The molecule has 0 aliphatic carbocycles. The highest BCUT2D eigenvalue weighted by atomic mass is 16.5. The number of hydrogen-bond donors (Lipinski definition) is 1. The Labute approximate surface area is 245 Å². The second-order valence-electron chi connectivity index (χ2n) is 10.8. The predicted octanol–water partition coefficient (Wildman–Crippen LogP) is 4.91. The first-order chi connectivity index (χ1) is 20.3. The van der Waals surface area contributed by atoms with Gasteiger partial charge < -0.3 is 19.5 Å². The molecule has 10 heteroatoms. The number of carbonyl (C=O) groups excluding carboxylic acids is 1. The van der Waals surface area contributed by atoms with Gasteiger partial charge in [-0.05, 0) is 45.2 Å². The lowest BCUT2D eigenvalue weighted by atomic mass is 9.92. The van der Waals surface area contributed by atoms with Crippen molar-refractivity contribution in [1.29, 1.82) is 0 Å². The van der Waals surface area contributed by atoms with E-state index in [1.54, 1.807) is 17.5 Å². The van der Waals surface area contributed by atoms with Crippen LogP contribution in [0.4, 0.5) is 5.82 Å². The van der Waals surface area contributed by atoms with Crippen molar-refractivity contribution in [2.24, 2.45) is 0 Å². The first kappa shape index (κ1) is 29.2. The monoisotopic (exact) mass is 570 g/mol. The lowest BCUT2D eigenvalue weighted by Gasteiger charge is -2.40. The Balaban J connectivity index is 1.55. The summed E-state index contributed by atoms with van der Waals surface area (Å²) in [5, 5.41) is 20.7. The number of esters is 1. The summed E-state index contributed by atoms with van der Waals surface area (Å²) in [6, 6.07) is 12.0. The highest BCUT2D eigenvalue weighted by Crippen LogP contribution is 2.36. The summed E-state index contributed by atoms with van der Waals surface area (Å²) in [5.41, 5.74) is 4.73. The molecule has 1 saturated heterocycles. The maximum atomic E-state index is 12.5. The number of benzene rings is 1.